The second-order valence-electron chi connectivity index (χ2n) is 7.34. The minimum absolute atomic E-state index is 0.0308. The van der Waals surface area contributed by atoms with Crippen LogP contribution in [0.2, 0.25) is 0 Å². The molecule has 0 aliphatic carbocycles. The molecule has 172 valence electrons. The molecule has 2 aliphatic heterocycles. The number of ether oxygens (including phenoxy) is 3. The third kappa shape index (κ3) is 3.89. The van der Waals surface area contributed by atoms with Crippen LogP contribution in [0.1, 0.15) is 17.0 Å². The van der Waals surface area contributed by atoms with Crippen LogP contribution in [0.15, 0.2) is 76.6 Å². The Bertz CT molecular complexity index is 1290. The highest BCUT2D eigenvalue weighted by Gasteiger charge is 2.43. The van der Waals surface area contributed by atoms with E-state index in [2.05, 4.69) is 6.07 Å². The molecule has 0 radical (unpaired) electrons. The minimum Gasteiger partial charge on any atom is -0.497 e. The van der Waals surface area contributed by atoms with Gasteiger partial charge < -0.3 is 19.9 Å². The lowest BCUT2D eigenvalue weighted by atomic mass is 9.83. The molecule has 0 spiro atoms. The first-order valence-corrected chi connectivity index (χ1v) is 11.0. The quantitative estimate of drug-likeness (QED) is 0.654. The van der Waals surface area contributed by atoms with Crippen molar-refractivity contribution < 1.29 is 23.8 Å². The van der Waals surface area contributed by atoms with Gasteiger partial charge in [-0.2, -0.15) is 5.26 Å². The summed E-state index contributed by atoms with van der Waals surface area (Å²) in [6, 6.07) is 16.4. The van der Waals surface area contributed by atoms with Crippen LogP contribution in [-0.4, -0.2) is 38.1 Å². The second kappa shape index (κ2) is 9.37. The molecule has 0 aromatic heterocycles. The van der Waals surface area contributed by atoms with Crippen LogP contribution in [0.3, 0.4) is 0 Å². The van der Waals surface area contributed by atoms with Gasteiger partial charge in [0.2, 0.25) is 0 Å². The Kier molecular flexibility index (Phi) is 6.34. The Balaban J connectivity index is 1.88. The summed E-state index contributed by atoms with van der Waals surface area (Å²) in [5, 5.41) is 10.6. The van der Waals surface area contributed by atoms with Crippen molar-refractivity contribution in [3.63, 3.8) is 0 Å². The Morgan fingerprint density at radius 1 is 1.03 bits per heavy atom. The number of methoxy groups -OCH3 is 3. The van der Waals surface area contributed by atoms with E-state index in [4.69, 9.17) is 19.9 Å². The van der Waals surface area contributed by atoms with Crippen LogP contribution in [0.4, 0.5) is 0 Å². The summed E-state index contributed by atoms with van der Waals surface area (Å²) < 4.78 is 15.4. The molecule has 0 saturated heterocycles. The SMILES string of the molecule is COC(=O)C1=C(N)N2C(=O)C=C(c3ccc(OC)cc3)SC2=C(C#N)C1c1ccc(OC)cc1. The number of rotatable bonds is 5. The lowest BCUT2D eigenvalue weighted by molar-refractivity contribution is -0.136. The monoisotopic (exact) mass is 475 g/mol. The van der Waals surface area contributed by atoms with Gasteiger partial charge in [0.05, 0.1) is 44.5 Å². The van der Waals surface area contributed by atoms with E-state index in [1.54, 1.807) is 50.6 Å². The van der Waals surface area contributed by atoms with E-state index < -0.39 is 17.8 Å². The van der Waals surface area contributed by atoms with Crippen molar-refractivity contribution in [3.8, 4) is 17.6 Å². The highest BCUT2D eigenvalue weighted by Crippen LogP contribution is 2.50. The van der Waals surface area contributed by atoms with Crippen molar-refractivity contribution in [2.24, 2.45) is 5.73 Å². The number of fused-ring (bicyclic) bond motifs is 1. The molecule has 0 fully saturated rings. The largest absolute Gasteiger partial charge is 0.497 e. The number of nitrogens with two attached hydrogens (primary N) is 1. The van der Waals surface area contributed by atoms with E-state index in [0.29, 0.717) is 27.0 Å². The van der Waals surface area contributed by atoms with Gasteiger partial charge in [-0.1, -0.05) is 36.0 Å². The summed E-state index contributed by atoms with van der Waals surface area (Å²) in [4.78, 5) is 27.8. The van der Waals surface area contributed by atoms with Gasteiger partial charge in [0.25, 0.3) is 5.91 Å². The smallest absolute Gasteiger partial charge is 0.338 e. The van der Waals surface area contributed by atoms with E-state index in [9.17, 15) is 14.9 Å². The zero-order valence-electron chi connectivity index (χ0n) is 18.7. The molecule has 34 heavy (non-hydrogen) atoms. The average molecular weight is 476 g/mol. The predicted molar refractivity (Wildman–Crippen MR) is 127 cm³/mol. The van der Waals surface area contributed by atoms with Crippen molar-refractivity contribution in [2.75, 3.05) is 21.3 Å². The van der Waals surface area contributed by atoms with Crippen LogP contribution in [-0.2, 0) is 14.3 Å². The first-order chi connectivity index (χ1) is 16.4. The van der Waals surface area contributed by atoms with Gasteiger partial charge in [-0.05, 0) is 35.4 Å². The van der Waals surface area contributed by atoms with E-state index >= 15 is 0 Å². The summed E-state index contributed by atoms with van der Waals surface area (Å²) >= 11 is 1.24. The minimum atomic E-state index is -0.815. The predicted octanol–water partition coefficient (Wildman–Crippen LogP) is 3.50. The topological polar surface area (TPSA) is 115 Å². The van der Waals surface area contributed by atoms with Crippen LogP contribution in [0, 0.1) is 11.3 Å². The Morgan fingerprint density at radius 2 is 1.62 bits per heavy atom. The summed E-state index contributed by atoms with van der Waals surface area (Å²) in [7, 11) is 4.35. The van der Waals surface area contributed by atoms with Crippen LogP contribution < -0.4 is 15.2 Å². The molecule has 4 rings (SSSR count). The standard InChI is InChI=1S/C25H21N3O5S/c1-31-16-8-4-14(5-9-16)19-12-20(29)28-23(27)22(25(30)33-3)21(18(13-26)24(28)34-19)15-6-10-17(32-2)11-7-15/h4-12,21H,27H2,1-3H3. The van der Waals surface area contributed by atoms with Crippen molar-refractivity contribution in [1.29, 1.82) is 5.26 Å². The molecule has 2 N–H and O–H groups in total. The van der Waals surface area contributed by atoms with Crippen molar-refractivity contribution >= 4 is 28.5 Å². The van der Waals surface area contributed by atoms with Gasteiger partial charge in [-0.25, -0.2) is 4.79 Å². The highest BCUT2D eigenvalue weighted by molar-refractivity contribution is 8.11. The summed E-state index contributed by atoms with van der Waals surface area (Å²) in [6.45, 7) is 0. The normalized spacial score (nSPS) is 17.6. The molecular formula is C25H21N3O5S. The third-order valence-electron chi connectivity index (χ3n) is 5.56. The number of allylic oxidation sites excluding steroid dienone is 1. The van der Waals surface area contributed by atoms with E-state index in [0.717, 1.165) is 5.56 Å². The van der Waals surface area contributed by atoms with Crippen molar-refractivity contribution in [2.45, 2.75) is 5.92 Å². The first kappa shape index (κ1) is 23.0. The first-order valence-electron chi connectivity index (χ1n) is 10.2. The summed E-state index contributed by atoms with van der Waals surface area (Å²) in [5.41, 5.74) is 8.05. The number of carbonyl (C=O) groups is 2. The van der Waals surface area contributed by atoms with Crippen LogP contribution >= 0.6 is 11.8 Å². The molecule has 9 heteroatoms. The fourth-order valence-electron chi connectivity index (χ4n) is 3.87. The zero-order valence-corrected chi connectivity index (χ0v) is 19.5. The number of hydrogen-bond acceptors (Lipinski definition) is 8. The Hall–Kier alpha value is -4.16. The maximum atomic E-state index is 13.2. The van der Waals surface area contributed by atoms with Crippen molar-refractivity contribution in [3.05, 3.63) is 87.7 Å². The van der Waals surface area contributed by atoms with Crippen molar-refractivity contribution in [1.82, 2.24) is 4.90 Å². The number of nitrogens with zero attached hydrogens (tertiary/aromatic N) is 2. The second-order valence-corrected chi connectivity index (χ2v) is 8.37. The van der Waals surface area contributed by atoms with Gasteiger partial charge in [0, 0.05) is 11.0 Å². The number of amides is 1. The number of carbonyl (C=O) groups excluding carboxylic acids is 2. The zero-order chi connectivity index (χ0) is 24.4. The van der Waals surface area contributed by atoms with Gasteiger partial charge >= 0.3 is 5.97 Å². The molecule has 0 saturated carbocycles. The number of esters is 1. The molecular weight excluding hydrogens is 454 g/mol. The lowest BCUT2D eigenvalue weighted by Crippen LogP contribution is -2.41. The molecule has 2 aliphatic rings. The van der Waals surface area contributed by atoms with E-state index in [1.807, 2.05) is 12.1 Å². The molecule has 2 heterocycles. The molecule has 2 aromatic carbocycles. The van der Waals surface area contributed by atoms with Crippen LogP contribution in [0.5, 0.6) is 11.5 Å². The number of nitriles is 1. The third-order valence-corrected chi connectivity index (χ3v) is 6.73. The van der Waals surface area contributed by atoms with Crippen LogP contribution in [0.25, 0.3) is 4.91 Å². The summed E-state index contributed by atoms with van der Waals surface area (Å²) in [5.74, 6) is -0.750. The van der Waals surface area contributed by atoms with E-state index in [1.165, 1.54) is 29.8 Å². The fraction of sp³-hybridized carbons (Fsp3) is 0.160. The molecule has 1 amide bonds. The Labute approximate surface area is 200 Å². The number of hydrogen-bond donors (Lipinski definition) is 1. The van der Waals surface area contributed by atoms with Gasteiger partial charge in [-0.15, -0.1) is 0 Å². The maximum absolute atomic E-state index is 13.2. The fourth-order valence-corrected chi connectivity index (χ4v) is 5.04. The van der Waals surface area contributed by atoms with Gasteiger partial charge in [-0.3, -0.25) is 9.69 Å². The Morgan fingerprint density at radius 3 is 2.15 bits per heavy atom. The highest BCUT2D eigenvalue weighted by atomic mass is 32.2. The molecule has 1 unspecified atom stereocenters. The lowest BCUT2D eigenvalue weighted by Gasteiger charge is -2.37. The molecule has 2 aromatic rings. The molecule has 8 nitrogen and oxygen atoms in total. The number of thioether (sulfide) groups is 1. The average Bonchev–Trinajstić information content (AvgIpc) is 2.87. The maximum Gasteiger partial charge on any atom is 0.338 e. The number of benzene rings is 2. The molecule has 0 bridgehead atoms. The van der Waals surface area contributed by atoms with E-state index in [-0.39, 0.29) is 17.0 Å². The molecule has 1 atom stereocenters. The van der Waals surface area contributed by atoms with Gasteiger partial charge in [0.15, 0.2) is 0 Å². The summed E-state index contributed by atoms with van der Waals surface area (Å²) in [6.07, 6.45) is 1.43. The van der Waals surface area contributed by atoms with Gasteiger partial charge in [0.1, 0.15) is 22.3 Å².